The lowest BCUT2D eigenvalue weighted by Gasteiger charge is -2.60. The first-order valence-electron chi connectivity index (χ1n) is 16.8. The number of hydrogen-bond acceptors (Lipinski definition) is 6. The molecule has 7 heteroatoms. The van der Waals surface area contributed by atoms with Crippen molar-refractivity contribution in [2.45, 2.75) is 91.5 Å². The summed E-state index contributed by atoms with van der Waals surface area (Å²) in [7, 11) is 0. The van der Waals surface area contributed by atoms with Crippen molar-refractivity contribution in [3.63, 3.8) is 0 Å². The Bertz CT molecular complexity index is 1460. The average molecular weight is 598 g/mol. The van der Waals surface area contributed by atoms with Crippen molar-refractivity contribution in [2.75, 3.05) is 6.54 Å². The summed E-state index contributed by atoms with van der Waals surface area (Å²) in [4.78, 5) is 39.0. The van der Waals surface area contributed by atoms with Gasteiger partial charge in [0.2, 0.25) is 0 Å². The molecule has 1 aliphatic heterocycles. The number of ether oxygens (including phenoxy) is 1. The number of carbonyl (C=O) groups is 2. The van der Waals surface area contributed by atoms with Crippen LogP contribution in [0.15, 0.2) is 54.4 Å². The zero-order valence-corrected chi connectivity index (χ0v) is 26.6. The van der Waals surface area contributed by atoms with Crippen molar-refractivity contribution in [3.8, 4) is 0 Å². The Morgan fingerprint density at radius 3 is 2.61 bits per heavy atom. The lowest BCUT2D eigenvalue weighted by Crippen LogP contribution is -2.65. The van der Waals surface area contributed by atoms with Gasteiger partial charge in [-0.05, 0) is 92.4 Å². The second-order valence-electron chi connectivity index (χ2n) is 15.0. The Hall–Kier alpha value is -2.90. The second kappa shape index (κ2) is 10.9. The Labute approximate surface area is 261 Å². The Kier molecular flexibility index (Phi) is 7.36. The van der Waals surface area contributed by atoms with E-state index in [1.807, 2.05) is 30.6 Å². The van der Waals surface area contributed by atoms with Gasteiger partial charge in [-0.3, -0.25) is 19.7 Å². The zero-order valence-electron chi connectivity index (χ0n) is 26.6. The summed E-state index contributed by atoms with van der Waals surface area (Å²) in [6.45, 7) is 10.7. The van der Waals surface area contributed by atoms with Gasteiger partial charge in [0.05, 0.1) is 29.0 Å². The van der Waals surface area contributed by atoms with Crippen LogP contribution in [0.5, 0.6) is 0 Å². The molecule has 7 rings (SSSR count). The Morgan fingerprint density at radius 1 is 1.09 bits per heavy atom. The maximum absolute atomic E-state index is 13.9. The van der Waals surface area contributed by atoms with Gasteiger partial charge < -0.3 is 14.6 Å². The molecule has 4 aliphatic carbocycles. The van der Waals surface area contributed by atoms with Crippen molar-refractivity contribution < 1.29 is 19.4 Å². The first-order valence-corrected chi connectivity index (χ1v) is 16.8. The van der Waals surface area contributed by atoms with E-state index in [0.717, 1.165) is 67.5 Å². The molecule has 3 saturated carbocycles. The van der Waals surface area contributed by atoms with Gasteiger partial charge in [-0.25, -0.2) is 0 Å². The summed E-state index contributed by atoms with van der Waals surface area (Å²) in [5.74, 6) is 0.337. The molecule has 0 radical (unpaired) electrons. The molecule has 44 heavy (non-hydrogen) atoms. The molecule has 5 aliphatic rings. The number of aromatic nitrogens is 2. The number of nitrogens with zero attached hydrogens (tertiary/aromatic N) is 3. The number of fused-ring (bicyclic) bond motifs is 2. The van der Waals surface area contributed by atoms with Gasteiger partial charge in [0.1, 0.15) is 11.7 Å². The van der Waals surface area contributed by atoms with Crippen LogP contribution in [-0.4, -0.2) is 51.0 Å². The Balaban J connectivity index is 1.22. The minimum absolute atomic E-state index is 0.0280. The van der Waals surface area contributed by atoms with Crippen molar-refractivity contribution >= 4 is 12.3 Å². The molecule has 9 atom stereocenters. The van der Waals surface area contributed by atoms with E-state index in [1.165, 1.54) is 0 Å². The fourth-order valence-corrected chi connectivity index (χ4v) is 11.2. The molecule has 2 aromatic rings. The van der Waals surface area contributed by atoms with E-state index in [1.54, 1.807) is 0 Å². The number of carboxylic acids is 1. The van der Waals surface area contributed by atoms with Crippen LogP contribution < -0.4 is 0 Å². The van der Waals surface area contributed by atoms with E-state index >= 15 is 0 Å². The second-order valence-corrected chi connectivity index (χ2v) is 15.0. The van der Waals surface area contributed by atoms with Crippen LogP contribution in [-0.2, 0) is 27.4 Å². The van der Waals surface area contributed by atoms with Crippen molar-refractivity contribution in [2.24, 2.45) is 45.8 Å². The van der Waals surface area contributed by atoms with Gasteiger partial charge in [0.25, 0.3) is 0 Å². The maximum atomic E-state index is 13.9. The predicted molar refractivity (Wildman–Crippen MR) is 167 cm³/mol. The summed E-state index contributed by atoms with van der Waals surface area (Å²) in [6, 6.07) is 10.1. The standard InChI is InChI=1S/C37H47N3O4/c1-23(2)31-16-26-17-35(22-41)30-12-10-24(3)29(30)18-36(26,37(31,35)34(42)43)33-13-11-28(44-33)20-40(19-27-9-5-6-14-38-27)21-32-25(4)8-7-15-39-32/h5-9,14-16,22-24,26,28-30,33H,10-13,17-21H2,1-4H3,(H,42,43)/t24-,26?,28?,29-,30-,33?,35?,36?,37?/m1/s1. The van der Waals surface area contributed by atoms with Gasteiger partial charge in [-0.1, -0.05) is 51.0 Å². The van der Waals surface area contributed by atoms with E-state index in [9.17, 15) is 14.7 Å². The minimum atomic E-state index is -1.19. The summed E-state index contributed by atoms with van der Waals surface area (Å²) in [6.07, 6.45) is 12.1. The lowest BCUT2D eigenvalue weighted by molar-refractivity contribution is -0.197. The fourth-order valence-electron chi connectivity index (χ4n) is 11.2. The number of aryl methyl sites for hydroxylation is 1. The third-order valence-corrected chi connectivity index (χ3v) is 12.7. The monoisotopic (exact) mass is 597 g/mol. The highest BCUT2D eigenvalue weighted by Gasteiger charge is 2.86. The first-order chi connectivity index (χ1) is 21.2. The van der Waals surface area contributed by atoms with E-state index in [2.05, 4.69) is 60.8 Å². The normalized spacial score (nSPS) is 38.7. The number of rotatable bonds is 10. The molecule has 4 bridgehead atoms. The van der Waals surface area contributed by atoms with Crippen molar-refractivity contribution in [1.82, 2.24) is 14.9 Å². The number of allylic oxidation sites excluding steroid dienone is 1. The molecule has 0 aromatic carbocycles. The predicted octanol–water partition coefficient (Wildman–Crippen LogP) is 6.26. The van der Waals surface area contributed by atoms with E-state index in [0.29, 0.717) is 31.3 Å². The molecular weight excluding hydrogens is 550 g/mol. The van der Waals surface area contributed by atoms with Gasteiger partial charge in [-0.15, -0.1) is 0 Å². The molecule has 1 N–H and O–H groups in total. The zero-order chi connectivity index (χ0) is 30.9. The maximum Gasteiger partial charge on any atom is 0.315 e. The van der Waals surface area contributed by atoms with Gasteiger partial charge in [-0.2, -0.15) is 0 Å². The van der Waals surface area contributed by atoms with Crippen molar-refractivity contribution in [3.05, 3.63) is 71.3 Å². The number of aldehydes is 1. The third-order valence-electron chi connectivity index (χ3n) is 12.7. The van der Waals surface area contributed by atoms with Crippen LogP contribution in [0.25, 0.3) is 0 Å². The Morgan fingerprint density at radius 2 is 1.91 bits per heavy atom. The number of pyridine rings is 2. The first kappa shape index (κ1) is 29.8. The smallest absolute Gasteiger partial charge is 0.315 e. The SMILES string of the molecule is Cc1cccnc1CN(Cc1ccccn1)CC1CCC(C23C[C@@H]4[C@H](C)CC[C@H]4C4(C=O)CC2C=C(C(C)C)C34C(=O)O)O1. The van der Waals surface area contributed by atoms with Gasteiger partial charge in [0.15, 0.2) is 0 Å². The topological polar surface area (TPSA) is 92.6 Å². The van der Waals surface area contributed by atoms with Crippen LogP contribution in [0, 0.1) is 52.8 Å². The highest BCUT2D eigenvalue weighted by Crippen LogP contribution is 2.84. The van der Waals surface area contributed by atoms with Crippen LogP contribution in [0.2, 0.25) is 0 Å². The average Bonchev–Trinajstić information content (AvgIpc) is 3.74. The summed E-state index contributed by atoms with van der Waals surface area (Å²) in [5, 5.41) is 11.4. The molecule has 2 aromatic heterocycles. The fraction of sp³-hybridized carbons (Fsp3) is 0.622. The third kappa shape index (κ3) is 4.00. The highest BCUT2D eigenvalue weighted by atomic mass is 16.5. The van der Waals surface area contributed by atoms with E-state index in [-0.39, 0.29) is 30.0 Å². The summed E-state index contributed by atoms with van der Waals surface area (Å²) >= 11 is 0. The summed E-state index contributed by atoms with van der Waals surface area (Å²) < 4.78 is 7.12. The number of hydrogen-bond donors (Lipinski definition) is 1. The van der Waals surface area contributed by atoms with Crippen molar-refractivity contribution in [1.29, 1.82) is 0 Å². The lowest BCUT2D eigenvalue weighted by atomic mass is 9.41. The van der Waals surface area contributed by atoms with Crippen LogP contribution in [0.3, 0.4) is 0 Å². The quantitative estimate of drug-likeness (QED) is 0.255. The largest absolute Gasteiger partial charge is 0.481 e. The van der Waals surface area contributed by atoms with Crippen LogP contribution in [0.1, 0.15) is 76.2 Å². The molecule has 234 valence electrons. The molecule has 4 fully saturated rings. The van der Waals surface area contributed by atoms with Gasteiger partial charge in [0, 0.05) is 37.4 Å². The molecule has 0 spiro atoms. The number of aliphatic carboxylic acids is 1. The number of carboxylic acid groups (broad SMARTS) is 1. The van der Waals surface area contributed by atoms with E-state index in [4.69, 9.17) is 4.74 Å². The molecule has 0 amide bonds. The minimum Gasteiger partial charge on any atom is -0.481 e. The highest BCUT2D eigenvalue weighted by molar-refractivity contribution is 5.90. The molecular formula is C37H47N3O4. The van der Waals surface area contributed by atoms with Gasteiger partial charge >= 0.3 is 5.97 Å². The summed E-state index contributed by atoms with van der Waals surface area (Å²) in [5.41, 5.74) is 1.57. The van der Waals surface area contributed by atoms with Crippen LogP contribution >= 0.6 is 0 Å². The molecule has 3 heterocycles. The van der Waals surface area contributed by atoms with Crippen LogP contribution in [0.4, 0.5) is 0 Å². The number of carbonyl (C=O) groups excluding carboxylic acids is 1. The molecule has 1 saturated heterocycles. The van der Waals surface area contributed by atoms with E-state index < -0.39 is 22.2 Å². The molecule has 6 unspecified atom stereocenters. The molecule has 7 nitrogen and oxygen atoms in total.